The number of fused-ring (bicyclic) bond motifs is 1. The standard InChI is InChI=1S/C19H21NO/c1-3-19(4-2)17-13-9-8-12-16(17)18(21)20(19)14-15-10-6-5-7-11-15/h5-13H,3-4,14H2,1-2H3. The summed E-state index contributed by atoms with van der Waals surface area (Å²) in [6.45, 7) is 5.03. The molecule has 0 atom stereocenters. The van der Waals surface area contributed by atoms with Crippen LogP contribution < -0.4 is 0 Å². The van der Waals surface area contributed by atoms with Gasteiger partial charge in [0.15, 0.2) is 0 Å². The maximum atomic E-state index is 12.9. The third-order valence-electron chi connectivity index (χ3n) is 4.77. The Labute approximate surface area is 126 Å². The van der Waals surface area contributed by atoms with Gasteiger partial charge in [0.25, 0.3) is 5.91 Å². The highest BCUT2D eigenvalue weighted by Crippen LogP contribution is 2.44. The van der Waals surface area contributed by atoms with Crippen LogP contribution in [0.4, 0.5) is 0 Å². The van der Waals surface area contributed by atoms with Gasteiger partial charge in [0.1, 0.15) is 0 Å². The molecule has 2 heteroatoms. The average molecular weight is 279 g/mol. The zero-order chi connectivity index (χ0) is 14.9. The molecule has 0 saturated heterocycles. The fourth-order valence-corrected chi connectivity index (χ4v) is 3.56. The van der Waals surface area contributed by atoms with Crippen molar-refractivity contribution in [2.45, 2.75) is 38.8 Å². The largest absolute Gasteiger partial charge is 0.325 e. The summed E-state index contributed by atoms with van der Waals surface area (Å²) >= 11 is 0. The van der Waals surface area contributed by atoms with Crippen LogP contribution >= 0.6 is 0 Å². The van der Waals surface area contributed by atoms with Gasteiger partial charge in [-0.05, 0) is 30.0 Å². The molecule has 1 amide bonds. The summed E-state index contributed by atoms with van der Waals surface area (Å²) in [7, 11) is 0. The van der Waals surface area contributed by atoms with Crippen LogP contribution in [0.25, 0.3) is 0 Å². The van der Waals surface area contributed by atoms with E-state index in [1.165, 1.54) is 11.1 Å². The molecule has 108 valence electrons. The Morgan fingerprint density at radius 2 is 1.52 bits per heavy atom. The van der Waals surface area contributed by atoms with Crippen molar-refractivity contribution < 1.29 is 4.79 Å². The molecule has 21 heavy (non-hydrogen) atoms. The van der Waals surface area contributed by atoms with Gasteiger partial charge >= 0.3 is 0 Å². The van der Waals surface area contributed by atoms with E-state index in [0.717, 1.165) is 18.4 Å². The predicted molar refractivity (Wildman–Crippen MR) is 85.0 cm³/mol. The van der Waals surface area contributed by atoms with E-state index in [9.17, 15) is 4.79 Å². The first-order chi connectivity index (χ1) is 10.2. The van der Waals surface area contributed by atoms with Crippen molar-refractivity contribution in [2.75, 3.05) is 0 Å². The highest BCUT2D eigenvalue weighted by Gasteiger charge is 2.46. The van der Waals surface area contributed by atoms with E-state index >= 15 is 0 Å². The topological polar surface area (TPSA) is 20.3 Å². The average Bonchev–Trinajstić information content (AvgIpc) is 2.78. The lowest BCUT2D eigenvalue weighted by atomic mass is 9.84. The molecule has 2 aromatic carbocycles. The van der Waals surface area contributed by atoms with E-state index in [4.69, 9.17) is 0 Å². The molecular formula is C19H21NO. The van der Waals surface area contributed by atoms with E-state index in [-0.39, 0.29) is 11.4 Å². The second-order valence-electron chi connectivity index (χ2n) is 5.66. The summed E-state index contributed by atoms with van der Waals surface area (Å²) in [4.78, 5) is 14.9. The van der Waals surface area contributed by atoms with Crippen LogP contribution in [0.2, 0.25) is 0 Å². The molecule has 0 radical (unpaired) electrons. The van der Waals surface area contributed by atoms with E-state index in [1.54, 1.807) is 0 Å². The number of hydrogen-bond donors (Lipinski definition) is 0. The molecule has 1 aliphatic rings. The number of carbonyl (C=O) groups excluding carboxylic acids is 1. The first-order valence-corrected chi connectivity index (χ1v) is 7.68. The van der Waals surface area contributed by atoms with Crippen molar-refractivity contribution in [3.63, 3.8) is 0 Å². The van der Waals surface area contributed by atoms with Crippen LogP contribution in [-0.4, -0.2) is 10.8 Å². The Bertz CT molecular complexity index is 644. The molecule has 2 aromatic rings. The van der Waals surface area contributed by atoms with Crippen LogP contribution in [0.15, 0.2) is 54.6 Å². The minimum absolute atomic E-state index is 0.163. The molecule has 0 aliphatic carbocycles. The Balaban J connectivity index is 2.06. The molecule has 0 unspecified atom stereocenters. The Kier molecular flexibility index (Phi) is 3.54. The molecule has 0 fully saturated rings. The molecule has 0 saturated carbocycles. The van der Waals surface area contributed by atoms with Crippen molar-refractivity contribution in [1.82, 2.24) is 4.90 Å². The first-order valence-electron chi connectivity index (χ1n) is 7.68. The van der Waals surface area contributed by atoms with Crippen LogP contribution in [0.3, 0.4) is 0 Å². The summed E-state index contributed by atoms with van der Waals surface area (Å²) in [6, 6.07) is 18.3. The molecule has 3 rings (SSSR count). The lowest BCUT2D eigenvalue weighted by Gasteiger charge is -2.38. The van der Waals surface area contributed by atoms with Gasteiger partial charge < -0.3 is 4.90 Å². The van der Waals surface area contributed by atoms with Crippen molar-refractivity contribution in [1.29, 1.82) is 0 Å². The molecule has 1 aliphatic heterocycles. The van der Waals surface area contributed by atoms with E-state index in [2.05, 4.69) is 36.9 Å². The Morgan fingerprint density at radius 3 is 2.19 bits per heavy atom. The highest BCUT2D eigenvalue weighted by molar-refractivity contribution is 6.00. The maximum Gasteiger partial charge on any atom is 0.255 e. The van der Waals surface area contributed by atoms with Gasteiger partial charge in [-0.2, -0.15) is 0 Å². The minimum Gasteiger partial charge on any atom is -0.325 e. The number of benzene rings is 2. The molecule has 0 spiro atoms. The fraction of sp³-hybridized carbons (Fsp3) is 0.316. The maximum absolute atomic E-state index is 12.9. The Morgan fingerprint density at radius 1 is 0.905 bits per heavy atom. The predicted octanol–water partition coefficient (Wildman–Crippen LogP) is 4.36. The quantitative estimate of drug-likeness (QED) is 0.814. The summed E-state index contributed by atoms with van der Waals surface area (Å²) in [5.41, 5.74) is 3.08. The number of amides is 1. The van der Waals surface area contributed by atoms with Crippen LogP contribution in [-0.2, 0) is 12.1 Å². The van der Waals surface area contributed by atoms with E-state index < -0.39 is 0 Å². The second-order valence-corrected chi connectivity index (χ2v) is 5.66. The summed E-state index contributed by atoms with van der Waals surface area (Å²) < 4.78 is 0. The van der Waals surface area contributed by atoms with Crippen LogP contribution in [0.5, 0.6) is 0 Å². The third kappa shape index (κ3) is 2.06. The van der Waals surface area contributed by atoms with Crippen molar-refractivity contribution in [2.24, 2.45) is 0 Å². The second kappa shape index (κ2) is 5.36. The van der Waals surface area contributed by atoms with E-state index in [1.807, 2.05) is 36.4 Å². The van der Waals surface area contributed by atoms with Gasteiger partial charge in [0.2, 0.25) is 0 Å². The van der Waals surface area contributed by atoms with Gasteiger partial charge in [0.05, 0.1) is 5.54 Å². The van der Waals surface area contributed by atoms with Gasteiger partial charge in [-0.3, -0.25) is 4.79 Å². The van der Waals surface area contributed by atoms with Crippen molar-refractivity contribution >= 4 is 5.91 Å². The molecular weight excluding hydrogens is 258 g/mol. The zero-order valence-corrected chi connectivity index (χ0v) is 12.7. The molecule has 0 aromatic heterocycles. The fourth-order valence-electron chi connectivity index (χ4n) is 3.56. The molecule has 0 bridgehead atoms. The van der Waals surface area contributed by atoms with Gasteiger partial charge in [-0.25, -0.2) is 0 Å². The minimum atomic E-state index is -0.163. The van der Waals surface area contributed by atoms with Gasteiger partial charge in [0, 0.05) is 12.1 Å². The van der Waals surface area contributed by atoms with Crippen molar-refractivity contribution in [3.05, 3.63) is 71.3 Å². The smallest absolute Gasteiger partial charge is 0.255 e. The number of hydrogen-bond acceptors (Lipinski definition) is 1. The first kappa shape index (κ1) is 13.9. The zero-order valence-electron chi connectivity index (χ0n) is 12.7. The van der Waals surface area contributed by atoms with Crippen molar-refractivity contribution in [3.8, 4) is 0 Å². The third-order valence-corrected chi connectivity index (χ3v) is 4.77. The number of carbonyl (C=O) groups is 1. The van der Waals surface area contributed by atoms with Crippen LogP contribution in [0.1, 0.15) is 48.2 Å². The lowest BCUT2D eigenvalue weighted by molar-refractivity contribution is 0.0488. The molecule has 2 nitrogen and oxygen atoms in total. The molecule has 0 N–H and O–H groups in total. The molecule has 1 heterocycles. The summed E-state index contributed by atoms with van der Waals surface area (Å²) in [5.74, 6) is 0.165. The number of nitrogens with zero attached hydrogens (tertiary/aromatic N) is 1. The SMILES string of the molecule is CCC1(CC)c2ccccc2C(=O)N1Cc1ccccc1. The monoisotopic (exact) mass is 279 g/mol. The normalized spacial score (nSPS) is 16.1. The lowest BCUT2D eigenvalue weighted by Crippen LogP contribution is -2.42. The van der Waals surface area contributed by atoms with E-state index in [0.29, 0.717) is 6.54 Å². The van der Waals surface area contributed by atoms with Gasteiger partial charge in [-0.1, -0.05) is 62.4 Å². The Hall–Kier alpha value is -2.09. The summed E-state index contributed by atoms with van der Waals surface area (Å²) in [5, 5.41) is 0. The van der Waals surface area contributed by atoms with Crippen LogP contribution in [0, 0.1) is 0 Å². The van der Waals surface area contributed by atoms with Gasteiger partial charge in [-0.15, -0.1) is 0 Å². The highest BCUT2D eigenvalue weighted by atomic mass is 16.2. The number of rotatable bonds is 4. The summed E-state index contributed by atoms with van der Waals surface area (Å²) in [6.07, 6.45) is 1.89.